The highest BCUT2D eigenvalue weighted by Crippen LogP contribution is 2.59. The van der Waals surface area contributed by atoms with Crippen molar-refractivity contribution in [2.75, 3.05) is 19.0 Å². The molecule has 0 aliphatic carbocycles. The SMILES string of the molecule is CNC(=O)[C@@H]1[C@H]2C(=O)N([C@@H](CO)C(C)C)C(C(=O)Nc3cc(C)ccc3C)C23CC[C@H]1O3. The Kier molecular flexibility index (Phi) is 5.79. The normalized spacial score (nSPS) is 31.7. The summed E-state index contributed by atoms with van der Waals surface area (Å²) in [6.07, 6.45) is 0.766. The van der Waals surface area contributed by atoms with E-state index in [9.17, 15) is 19.5 Å². The molecule has 0 aromatic heterocycles. The van der Waals surface area contributed by atoms with Crippen LogP contribution < -0.4 is 10.6 Å². The summed E-state index contributed by atoms with van der Waals surface area (Å²) in [6, 6.07) is 4.34. The number of hydrogen-bond donors (Lipinski definition) is 3. The number of aryl methyl sites for hydroxylation is 2. The van der Waals surface area contributed by atoms with Crippen LogP contribution in [-0.4, -0.2) is 65.2 Å². The van der Waals surface area contributed by atoms with Gasteiger partial charge in [-0.3, -0.25) is 14.4 Å². The van der Waals surface area contributed by atoms with Crippen LogP contribution in [0.5, 0.6) is 0 Å². The van der Waals surface area contributed by atoms with Gasteiger partial charge in [-0.25, -0.2) is 0 Å². The maximum Gasteiger partial charge on any atom is 0.250 e. The summed E-state index contributed by atoms with van der Waals surface area (Å²) in [5, 5.41) is 15.8. The fourth-order valence-electron chi connectivity index (χ4n) is 5.91. The second-order valence-electron chi connectivity index (χ2n) is 9.72. The number of aliphatic hydroxyl groups excluding tert-OH is 1. The van der Waals surface area contributed by atoms with E-state index < -0.39 is 29.5 Å². The van der Waals surface area contributed by atoms with Crippen molar-refractivity contribution in [1.82, 2.24) is 10.2 Å². The summed E-state index contributed by atoms with van der Waals surface area (Å²) in [7, 11) is 1.55. The second-order valence-corrected chi connectivity index (χ2v) is 9.72. The lowest BCUT2D eigenvalue weighted by Crippen LogP contribution is -2.57. The van der Waals surface area contributed by atoms with Crippen molar-refractivity contribution in [2.24, 2.45) is 17.8 Å². The topological polar surface area (TPSA) is 108 Å². The molecule has 0 saturated carbocycles. The number of fused-ring (bicyclic) bond motifs is 1. The highest BCUT2D eigenvalue weighted by Gasteiger charge is 2.75. The number of aliphatic hydroxyl groups is 1. The minimum absolute atomic E-state index is 0.0779. The molecule has 3 amide bonds. The first kappa shape index (κ1) is 22.7. The second kappa shape index (κ2) is 8.15. The van der Waals surface area contributed by atoms with Gasteiger partial charge in [-0.2, -0.15) is 0 Å². The van der Waals surface area contributed by atoms with Crippen LogP contribution >= 0.6 is 0 Å². The minimum Gasteiger partial charge on any atom is -0.394 e. The predicted molar refractivity (Wildman–Crippen MR) is 119 cm³/mol. The van der Waals surface area contributed by atoms with Gasteiger partial charge in [0.1, 0.15) is 11.6 Å². The van der Waals surface area contributed by atoms with Crippen LogP contribution in [0, 0.1) is 31.6 Å². The van der Waals surface area contributed by atoms with E-state index in [-0.39, 0.29) is 36.4 Å². The molecule has 8 heteroatoms. The third kappa shape index (κ3) is 3.23. The smallest absolute Gasteiger partial charge is 0.250 e. The van der Waals surface area contributed by atoms with E-state index >= 15 is 0 Å². The third-order valence-electron chi connectivity index (χ3n) is 7.50. The summed E-state index contributed by atoms with van der Waals surface area (Å²) in [4.78, 5) is 41.8. The zero-order valence-electron chi connectivity index (χ0n) is 19.3. The Balaban J connectivity index is 1.78. The van der Waals surface area contributed by atoms with Gasteiger partial charge in [0.2, 0.25) is 17.7 Å². The fourth-order valence-corrected chi connectivity index (χ4v) is 5.91. The van der Waals surface area contributed by atoms with Gasteiger partial charge in [-0.15, -0.1) is 0 Å². The largest absolute Gasteiger partial charge is 0.394 e. The lowest BCUT2D eigenvalue weighted by Gasteiger charge is -2.38. The van der Waals surface area contributed by atoms with Crippen molar-refractivity contribution in [2.45, 2.75) is 64.3 Å². The molecule has 6 atom stereocenters. The molecule has 8 nitrogen and oxygen atoms in total. The molecule has 3 aliphatic heterocycles. The average molecular weight is 444 g/mol. The lowest BCUT2D eigenvalue weighted by atomic mass is 9.70. The van der Waals surface area contributed by atoms with Gasteiger partial charge in [-0.05, 0) is 49.8 Å². The molecule has 32 heavy (non-hydrogen) atoms. The van der Waals surface area contributed by atoms with Crippen molar-refractivity contribution in [3.63, 3.8) is 0 Å². The third-order valence-corrected chi connectivity index (χ3v) is 7.50. The molecule has 3 fully saturated rings. The van der Waals surface area contributed by atoms with Crippen LogP contribution in [0.15, 0.2) is 18.2 Å². The molecule has 2 bridgehead atoms. The Labute approximate surface area is 188 Å². The number of amides is 3. The Bertz CT molecular complexity index is 948. The molecule has 1 aromatic rings. The Hall–Kier alpha value is -2.45. The number of ether oxygens (including phenoxy) is 1. The summed E-state index contributed by atoms with van der Waals surface area (Å²) in [5.74, 6) is -2.31. The summed E-state index contributed by atoms with van der Waals surface area (Å²) < 4.78 is 6.35. The minimum atomic E-state index is -1.07. The summed E-state index contributed by atoms with van der Waals surface area (Å²) in [6.45, 7) is 7.42. The van der Waals surface area contributed by atoms with E-state index in [1.165, 1.54) is 4.90 Å². The van der Waals surface area contributed by atoms with Crippen molar-refractivity contribution in [3.05, 3.63) is 29.3 Å². The van der Waals surface area contributed by atoms with E-state index in [4.69, 9.17) is 4.74 Å². The molecular weight excluding hydrogens is 410 g/mol. The van der Waals surface area contributed by atoms with Crippen LogP contribution in [0.3, 0.4) is 0 Å². The van der Waals surface area contributed by atoms with Gasteiger partial charge in [0, 0.05) is 12.7 Å². The van der Waals surface area contributed by atoms with Crippen LogP contribution in [0.1, 0.15) is 37.8 Å². The first-order valence-electron chi connectivity index (χ1n) is 11.4. The van der Waals surface area contributed by atoms with Crippen LogP contribution in [0.2, 0.25) is 0 Å². The molecule has 3 aliphatic rings. The predicted octanol–water partition coefficient (Wildman–Crippen LogP) is 1.38. The number of benzene rings is 1. The van der Waals surface area contributed by atoms with Crippen molar-refractivity contribution >= 4 is 23.4 Å². The molecule has 3 saturated heterocycles. The van der Waals surface area contributed by atoms with Crippen molar-refractivity contribution < 1.29 is 24.2 Å². The first-order valence-corrected chi connectivity index (χ1v) is 11.4. The maximum atomic E-state index is 13.8. The molecule has 3 heterocycles. The van der Waals surface area contributed by atoms with Crippen LogP contribution in [0.4, 0.5) is 5.69 Å². The molecule has 0 radical (unpaired) electrons. The zero-order chi connectivity index (χ0) is 23.4. The van der Waals surface area contributed by atoms with Gasteiger partial charge in [0.05, 0.1) is 30.6 Å². The standard InChI is InChI=1S/C24H33N3O5/c1-12(2)16(11-28)27-20(22(30)26-15-10-13(3)6-7-14(15)4)24-9-8-17(32-24)18(21(29)25-5)19(24)23(27)31/h6-7,10,12,16-20,28H,8-9,11H2,1-5H3,(H,25,29)(H,26,30)/t16-,17+,18-,19-,20?,24?/m0/s1. The maximum absolute atomic E-state index is 13.8. The monoisotopic (exact) mass is 443 g/mol. The molecule has 3 N–H and O–H groups in total. The Morgan fingerprint density at radius 2 is 2.00 bits per heavy atom. The Morgan fingerprint density at radius 3 is 2.62 bits per heavy atom. The van der Waals surface area contributed by atoms with Crippen LogP contribution in [-0.2, 0) is 19.1 Å². The summed E-state index contributed by atoms with van der Waals surface area (Å²) >= 11 is 0. The zero-order valence-corrected chi connectivity index (χ0v) is 19.3. The number of nitrogens with zero attached hydrogens (tertiary/aromatic N) is 1. The molecule has 1 spiro atoms. The van der Waals surface area contributed by atoms with Gasteiger partial charge >= 0.3 is 0 Å². The van der Waals surface area contributed by atoms with E-state index in [1.807, 2.05) is 45.9 Å². The number of hydrogen-bond acceptors (Lipinski definition) is 5. The number of carbonyl (C=O) groups excluding carboxylic acids is 3. The van der Waals surface area contributed by atoms with Gasteiger partial charge in [0.15, 0.2) is 0 Å². The highest BCUT2D eigenvalue weighted by atomic mass is 16.5. The lowest BCUT2D eigenvalue weighted by molar-refractivity contribution is -0.145. The van der Waals surface area contributed by atoms with E-state index in [0.29, 0.717) is 18.5 Å². The van der Waals surface area contributed by atoms with Gasteiger partial charge in [-0.1, -0.05) is 26.0 Å². The van der Waals surface area contributed by atoms with Crippen LogP contribution in [0.25, 0.3) is 0 Å². The quantitative estimate of drug-likeness (QED) is 0.616. The molecule has 1 aromatic carbocycles. The molecule has 4 rings (SSSR count). The Morgan fingerprint density at radius 1 is 1.28 bits per heavy atom. The molecular formula is C24H33N3O5. The first-order chi connectivity index (χ1) is 15.2. The number of nitrogens with one attached hydrogen (secondary N) is 2. The number of likely N-dealkylation sites (tertiary alicyclic amines) is 1. The van der Waals surface area contributed by atoms with E-state index in [0.717, 1.165) is 11.1 Å². The number of carbonyl (C=O) groups is 3. The number of anilines is 1. The molecule has 174 valence electrons. The van der Waals surface area contributed by atoms with E-state index in [1.54, 1.807) is 7.05 Å². The van der Waals surface area contributed by atoms with Gasteiger partial charge < -0.3 is 25.4 Å². The number of rotatable bonds is 6. The van der Waals surface area contributed by atoms with Crippen molar-refractivity contribution in [1.29, 1.82) is 0 Å². The van der Waals surface area contributed by atoms with Crippen molar-refractivity contribution in [3.8, 4) is 0 Å². The highest BCUT2D eigenvalue weighted by molar-refractivity contribution is 6.04. The van der Waals surface area contributed by atoms with E-state index in [2.05, 4.69) is 10.6 Å². The summed E-state index contributed by atoms with van der Waals surface area (Å²) in [5.41, 5.74) is 1.54. The van der Waals surface area contributed by atoms with Gasteiger partial charge in [0.25, 0.3) is 0 Å². The average Bonchev–Trinajstić information content (AvgIpc) is 3.38. The fraction of sp³-hybridized carbons (Fsp3) is 0.625. The molecule has 2 unspecified atom stereocenters.